The van der Waals surface area contributed by atoms with Crippen LogP contribution in [0.25, 0.3) is 18.2 Å². The molecular weight excluding hydrogens is 488 g/mol. The van der Waals surface area contributed by atoms with Crippen molar-refractivity contribution in [2.45, 2.75) is 0 Å². The van der Waals surface area contributed by atoms with Crippen LogP contribution in [0.1, 0.15) is 16.7 Å². The van der Waals surface area contributed by atoms with Gasteiger partial charge in [0.25, 0.3) is 0 Å². The molecule has 0 saturated carbocycles. The summed E-state index contributed by atoms with van der Waals surface area (Å²) in [6.07, 6.45) is 6.86. The van der Waals surface area contributed by atoms with Gasteiger partial charge in [0.05, 0.1) is 54.0 Å². The Hall–Kier alpha value is -4.79. The predicted octanol–water partition coefficient (Wildman–Crippen LogP) is 5.14. The third-order valence-corrected chi connectivity index (χ3v) is 5.60. The number of ether oxygens (including phenoxy) is 6. The quantitative estimate of drug-likeness (QED) is 0.203. The molecule has 0 aromatic heterocycles. The second kappa shape index (κ2) is 13.0. The maximum Gasteiger partial charge on any atom is 0.248 e. The van der Waals surface area contributed by atoms with E-state index in [2.05, 4.69) is 5.32 Å². The van der Waals surface area contributed by atoms with Gasteiger partial charge in [-0.2, -0.15) is 0 Å². The average molecular weight is 521 g/mol. The molecule has 3 aromatic carbocycles. The van der Waals surface area contributed by atoms with E-state index in [0.29, 0.717) is 51.4 Å². The molecule has 3 aromatic rings. The van der Waals surface area contributed by atoms with E-state index in [9.17, 15) is 4.79 Å². The van der Waals surface area contributed by atoms with E-state index in [1.54, 1.807) is 52.7 Å². The fourth-order valence-electron chi connectivity index (χ4n) is 3.76. The van der Waals surface area contributed by atoms with Crippen molar-refractivity contribution in [3.63, 3.8) is 0 Å². The number of amides is 1. The second-order valence-corrected chi connectivity index (χ2v) is 7.92. The summed E-state index contributed by atoms with van der Waals surface area (Å²) >= 11 is 0. The van der Waals surface area contributed by atoms with Crippen molar-refractivity contribution in [1.82, 2.24) is 0 Å². The number of nitrogen functional groups attached to an aromatic ring is 1. The van der Waals surface area contributed by atoms with Gasteiger partial charge >= 0.3 is 0 Å². The van der Waals surface area contributed by atoms with E-state index in [1.807, 2.05) is 36.4 Å². The molecule has 0 aliphatic heterocycles. The van der Waals surface area contributed by atoms with Gasteiger partial charge in [-0.3, -0.25) is 4.79 Å². The van der Waals surface area contributed by atoms with Crippen LogP contribution < -0.4 is 39.5 Å². The number of carbonyl (C=O) groups excluding carboxylic acids is 1. The number of rotatable bonds is 11. The largest absolute Gasteiger partial charge is 0.495 e. The average Bonchev–Trinajstić information content (AvgIpc) is 2.94. The van der Waals surface area contributed by atoms with Crippen LogP contribution in [0.2, 0.25) is 0 Å². The number of nitrogens with two attached hydrogens (primary N) is 1. The normalized spacial score (nSPS) is 10.9. The fourth-order valence-corrected chi connectivity index (χ4v) is 3.76. The molecule has 0 saturated heterocycles. The zero-order chi connectivity index (χ0) is 27.7. The Bertz CT molecular complexity index is 1320. The van der Waals surface area contributed by atoms with Crippen molar-refractivity contribution >= 4 is 35.5 Å². The number of anilines is 2. The first-order chi connectivity index (χ1) is 18.4. The van der Waals surface area contributed by atoms with Crippen molar-refractivity contribution in [2.75, 3.05) is 53.7 Å². The maximum atomic E-state index is 12.6. The van der Waals surface area contributed by atoms with Crippen molar-refractivity contribution in [3.8, 4) is 34.5 Å². The van der Waals surface area contributed by atoms with Crippen molar-refractivity contribution in [3.05, 3.63) is 65.2 Å². The number of methoxy groups -OCH3 is 6. The molecule has 3 rings (SSSR count). The van der Waals surface area contributed by atoms with Gasteiger partial charge in [-0.05, 0) is 59.2 Å². The topological polar surface area (TPSA) is 111 Å². The Morgan fingerprint density at radius 1 is 0.632 bits per heavy atom. The summed E-state index contributed by atoms with van der Waals surface area (Å²) in [5, 5.41) is 2.83. The third-order valence-electron chi connectivity index (χ3n) is 5.60. The molecule has 9 heteroatoms. The number of nitrogens with one attached hydrogen (secondary N) is 1. The van der Waals surface area contributed by atoms with Crippen molar-refractivity contribution in [1.29, 1.82) is 0 Å². The minimum atomic E-state index is -0.336. The van der Waals surface area contributed by atoms with Crippen molar-refractivity contribution in [2.24, 2.45) is 0 Å². The van der Waals surface area contributed by atoms with Gasteiger partial charge in [-0.15, -0.1) is 0 Å². The lowest BCUT2D eigenvalue weighted by atomic mass is 10.1. The molecule has 0 fully saturated rings. The summed E-state index contributed by atoms with van der Waals surface area (Å²) in [7, 11) is 9.28. The zero-order valence-electron chi connectivity index (χ0n) is 22.3. The van der Waals surface area contributed by atoms with E-state index in [-0.39, 0.29) is 5.91 Å². The first-order valence-corrected chi connectivity index (χ1v) is 11.5. The summed E-state index contributed by atoms with van der Waals surface area (Å²) in [6, 6.07) is 12.6. The van der Waals surface area contributed by atoms with Gasteiger partial charge in [-0.1, -0.05) is 18.2 Å². The second-order valence-electron chi connectivity index (χ2n) is 7.92. The molecule has 0 atom stereocenters. The van der Waals surface area contributed by atoms with E-state index < -0.39 is 0 Å². The van der Waals surface area contributed by atoms with E-state index in [0.717, 1.165) is 11.1 Å². The minimum Gasteiger partial charge on any atom is -0.495 e. The number of carbonyl (C=O) groups is 1. The molecule has 0 spiro atoms. The van der Waals surface area contributed by atoms with Gasteiger partial charge in [0.2, 0.25) is 11.7 Å². The number of benzene rings is 3. The van der Waals surface area contributed by atoms with Crippen LogP contribution in [0.4, 0.5) is 11.4 Å². The third kappa shape index (κ3) is 6.50. The van der Waals surface area contributed by atoms with Gasteiger partial charge in [0, 0.05) is 6.08 Å². The van der Waals surface area contributed by atoms with Crippen LogP contribution in [0, 0.1) is 0 Å². The first kappa shape index (κ1) is 27.8. The molecule has 0 heterocycles. The summed E-state index contributed by atoms with van der Waals surface area (Å²) in [5.41, 5.74) is 9.36. The van der Waals surface area contributed by atoms with Gasteiger partial charge in [-0.25, -0.2) is 0 Å². The van der Waals surface area contributed by atoms with Crippen molar-refractivity contribution < 1.29 is 33.2 Å². The summed E-state index contributed by atoms with van der Waals surface area (Å²) < 4.78 is 32.2. The predicted molar refractivity (Wildman–Crippen MR) is 150 cm³/mol. The lowest BCUT2D eigenvalue weighted by molar-refractivity contribution is -0.111. The molecule has 200 valence electrons. The SMILES string of the molecule is COc1cc(/C=C/c2cc(OC)c(OC)c(OC)c2)ccc1NC(=O)/C=C/c1cc(N)c(OC)c(OC)c1. The highest BCUT2D eigenvalue weighted by Gasteiger charge is 2.13. The minimum absolute atomic E-state index is 0.336. The number of hydrogen-bond donors (Lipinski definition) is 2. The first-order valence-electron chi connectivity index (χ1n) is 11.5. The summed E-state index contributed by atoms with van der Waals surface area (Å²) in [5.74, 6) is 2.74. The molecular formula is C29H32N2O7. The van der Waals surface area contributed by atoms with Crippen LogP contribution in [0.15, 0.2) is 48.5 Å². The highest BCUT2D eigenvalue weighted by atomic mass is 16.5. The fraction of sp³-hybridized carbons (Fsp3) is 0.207. The van der Waals surface area contributed by atoms with Gasteiger partial charge < -0.3 is 39.5 Å². The molecule has 38 heavy (non-hydrogen) atoms. The van der Waals surface area contributed by atoms with Gasteiger partial charge in [0.1, 0.15) is 5.75 Å². The number of hydrogen-bond acceptors (Lipinski definition) is 8. The molecule has 0 aliphatic carbocycles. The molecule has 3 N–H and O–H groups in total. The van der Waals surface area contributed by atoms with Crippen LogP contribution in [-0.4, -0.2) is 48.6 Å². The monoisotopic (exact) mass is 520 g/mol. The lowest BCUT2D eigenvalue weighted by Crippen LogP contribution is -2.09. The Morgan fingerprint density at radius 2 is 1.13 bits per heavy atom. The highest BCUT2D eigenvalue weighted by Crippen LogP contribution is 2.39. The smallest absolute Gasteiger partial charge is 0.248 e. The Labute approximate surface area is 222 Å². The standard InChI is InChI=1S/C29H32N2O7/c1-33-23-14-18(7-8-20-16-25(35-3)29(38-6)26(17-20)36-4)9-11-22(23)31-27(32)12-10-19-13-21(30)28(37-5)24(15-19)34-2/h7-17H,30H2,1-6H3,(H,31,32)/b8-7+,12-10+. The molecule has 0 radical (unpaired) electrons. The Morgan fingerprint density at radius 3 is 1.68 bits per heavy atom. The van der Waals surface area contributed by atoms with Crippen LogP contribution >= 0.6 is 0 Å². The lowest BCUT2D eigenvalue weighted by Gasteiger charge is -2.13. The Kier molecular flexibility index (Phi) is 9.48. The van der Waals surface area contributed by atoms with E-state index in [1.165, 1.54) is 20.3 Å². The van der Waals surface area contributed by atoms with Crippen LogP contribution in [-0.2, 0) is 4.79 Å². The molecule has 0 unspecified atom stereocenters. The molecule has 0 aliphatic rings. The molecule has 0 bridgehead atoms. The Balaban J connectivity index is 1.76. The summed E-state index contributed by atoms with van der Waals surface area (Å²) in [6.45, 7) is 0. The van der Waals surface area contributed by atoms with E-state index in [4.69, 9.17) is 34.2 Å². The molecule has 1 amide bonds. The summed E-state index contributed by atoms with van der Waals surface area (Å²) in [4.78, 5) is 12.6. The van der Waals surface area contributed by atoms with Gasteiger partial charge in [0.15, 0.2) is 23.0 Å². The van der Waals surface area contributed by atoms with Crippen LogP contribution in [0.3, 0.4) is 0 Å². The van der Waals surface area contributed by atoms with Crippen LogP contribution in [0.5, 0.6) is 34.5 Å². The van der Waals surface area contributed by atoms with E-state index >= 15 is 0 Å². The zero-order valence-corrected chi connectivity index (χ0v) is 22.3. The maximum absolute atomic E-state index is 12.6. The highest BCUT2D eigenvalue weighted by molar-refractivity contribution is 6.03. The molecule has 9 nitrogen and oxygen atoms in total.